The van der Waals surface area contributed by atoms with Crippen molar-refractivity contribution in [3.8, 4) is 0 Å². The summed E-state index contributed by atoms with van der Waals surface area (Å²) < 4.78 is 41.4. The van der Waals surface area contributed by atoms with Gasteiger partial charge in [-0.05, 0) is 68.0 Å². The highest BCUT2D eigenvalue weighted by Gasteiger charge is 2.34. The number of amides is 2. The molecule has 0 spiro atoms. The van der Waals surface area contributed by atoms with Crippen molar-refractivity contribution < 1.29 is 22.4 Å². The molecule has 178 valence electrons. The third kappa shape index (κ3) is 6.17. The maximum Gasteiger partial charge on any atom is 0.309 e. The second kappa shape index (κ2) is 10.9. The monoisotopic (exact) mass is 475 g/mol. The van der Waals surface area contributed by atoms with Gasteiger partial charge >= 0.3 is 11.8 Å². The molecule has 1 saturated heterocycles. The Labute approximate surface area is 194 Å². The minimum absolute atomic E-state index is 0.0930. The molecule has 2 N–H and O–H groups in total. The lowest BCUT2D eigenvalue weighted by atomic mass is 10.0. The van der Waals surface area contributed by atoms with E-state index in [2.05, 4.69) is 10.6 Å². The van der Waals surface area contributed by atoms with E-state index < -0.39 is 27.7 Å². The lowest BCUT2D eigenvalue weighted by Gasteiger charge is -2.35. The molecule has 0 saturated carbocycles. The van der Waals surface area contributed by atoms with Gasteiger partial charge in [0.2, 0.25) is 10.0 Å². The van der Waals surface area contributed by atoms with Crippen molar-refractivity contribution in [3.63, 3.8) is 0 Å². The van der Waals surface area contributed by atoms with Gasteiger partial charge in [0.15, 0.2) is 0 Å². The number of benzene rings is 2. The Morgan fingerprint density at radius 3 is 2.48 bits per heavy atom. The number of rotatable bonds is 7. The first-order valence-electron chi connectivity index (χ1n) is 11.1. The molecule has 2 amide bonds. The third-order valence-corrected chi connectivity index (χ3v) is 8.08. The van der Waals surface area contributed by atoms with Crippen molar-refractivity contribution in [3.05, 3.63) is 65.0 Å². The molecule has 0 aliphatic carbocycles. The van der Waals surface area contributed by atoms with Gasteiger partial charge in [-0.3, -0.25) is 9.59 Å². The molecule has 2 aromatic carbocycles. The summed E-state index contributed by atoms with van der Waals surface area (Å²) in [4.78, 5) is 24.4. The number of carbonyl (C=O) groups excluding carboxylic acids is 2. The first-order valence-corrected chi connectivity index (χ1v) is 12.5. The number of piperidine rings is 1. The van der Waals surface area contributed by atoms with Gasteiger partial charge < -0.3 is 10.6 Å². The lowest BCUT2D eigenvalue weighted by molar-refractivity contribution is -0.139. The second-order valence-corrected chi connectivity index (χ2v) is 10.2. The fourth-order valence-electron chi connectivity index (χ4n) is 4.10. The fourth-order valence-corrected chi connectivity index (χ4v) is 6.04. The standard InChI is InChI=1S/C24H30FN3O4S/c1-17-7-3-4-8-19(17)16-27-24(30)23(29)26-13-12-21-9-5-6-14-28(21)33(31,32)22-11-10-20(25)15-18(22)2/h3-4,7-8,10-11,15,21H,5-6,9,12-14,16H2,1-2H3,(H,26,29)(H,27,30). The number of hydrogen-bond acceptors (Lipinski definition) is 4. The topological polar surface area (TPSA) is 95.6 Å². The van der Waals surface area contributed by atoms with Gasteiger partial charge in [-0.2, -0.15) is 4.31 Å². The fraction of sp³-hybridized carbons (Fsp3) is 0.417. The van der Waals surface area contributed by atoms with Crippen molar-refractivity contribution in [1.82, 2.24) is 14.9 Å². The minimum atomic E-state index is -3.79. The molecule has 1 heterocycles. The average molecular weight is 476 g/mol. The van der Waals surface area contributed by atoms with Crippen molar-refractivity contribution in [2.45, 2.75) is 57.0 Å². The Hall–Kier alpha value is -2.78. The summed E-state index contributed by atoms with van der Waals surface area (Å²) in [5.41, 5.74) is 2.31. The molecule has 2 aromatic rings. The highest BCUT2D eigenvalue weighted by Crippen LogP contribution is 2.28. The van der Waals surface area contributed by atoms with Gasteiger partial charge in [-0.1, -0.05) is 30.7 Å². The van der Waals surface area contributed by atoms with Crippen molar-refractivity contribution in [2.75, 3.05) is 13.1 Å². The lowest BCUT2D eigenvalue weighted by Crippen LogP contribution is -2.46. The Balaban J connectivity index is 1.56. The van der Waals surface area contributed by atoms with Crippen LogP contribution in [0.25, 0.3) is 0 Å². The number of hydrogen-bond donors (Lipinski definition) is 2. The maximum absolute atomic E-state index is 13.5. The van der Waals surface area contributed by atoms with Gasteiger partial charge in [0, 0.05) is 25.7 Å². The zero-order valence-electron chi connectivity index (χ0n) is 18.9. The van der Waals surface area contributed by atoms with Crippen LogP contribution in [0.15, 0.2) is 47.4 Å². The molecule has 33 heavy (non-hydrogen) atoms. The molecule has 1 fully saturated rings. The van der Waals surface area contributed by atoms with Crippen LogP contribution in [0.2, 0.25) is 0 Å². The van der Waals surface area contributed by atoms with Crippen molar-refractivity contribution in [2.24, 2.45) is 0 Å². The smallest absolute Gasteiger partial charge is 0.309 e. The van der Waals surface area contributed by atoms with Crippen LogP contribution in [0.5, 0.6) is 0 Å². The van der Waals surface area contributed by atoms with Crippen LogP contribution in [-0.4, -0.2) is 43.7 Å². The van der Waals surface area contributed by atoms with Gasteiger partial charge in [0.25, 0.3) is 0 Å². The van der Waals surface area contributed by atoms with E-state index in [4.69, 9.17) is 0 Å². The highest BCUT2D eigenvalue weighted by atomic mass is 32.2. The molecule has 9 heteroatoms. The van der Waals surface area contributed by atoms with Crippen LogP contribution in [0, 0.1) is 19.7 Å². The van der Waals surface area contributed by atoms with Gasteiger partial charge in [-0.25, -0.2) is 12.8 Å². The predicted octanol–water partition coefficient (Wildman–Crippen LogP) is 2.81. The van der Waals surface area contributed by atoms with Gasteiger partial charge in [-0.15, -0.1) is 0 Å². The van der Waals surface area contributed by atoms with E-state index in [1.165, 1.54) is 16.4 Å². The molecular weight excluding hydrogens is 445 g/mol. The average Bonchev–Trinajstić information content (AvgIpc) is 2.78. The summed E-state index contributed by atoms with van der Waals surface area (Å²) in [6.45, 7) is 4.30. The maximum atomic E-state index is 13.5. The number of nitrogens with one attached hydrogen (secondary N) is 2. The summed E-state index contributed by atoms with van der Waals surface area (Å²) in [5.74, 6) is -1.96. The first kappa shape index (κ1) is 24.9. The molecule has 1 atom stereocenters. The van der Waals surface area contributed by atoms with E-state index in [0.717, 1.165) is 30.0 Å². The second-order valence-electron chi connectivity index (χ2n) is 8.33. The summed E-state index contributed by atoms with van der Waals surface area (Å²) in [7, 11) is -3.79. The summed E-state index contributed by atoms with van der Waals surface area (Å²) in [6.07, 6.45) is 2.67. The molecule has 0 radical (unpaired) electrons. The summed E-state index contributed by atoms with van der Waals surface area (Å²) in [6, 6.07) is 10.9. The summed E-state index contributed by atoms with van der Waals surface area (Å²) in [5, 5.41) is 5.19. The number of sulfonamides is 1. The number of aryl methyl sites for hydroxylation is 2. The van der Waals surface area contributed by atoms with Crippen LogP contribution < -0.4 is 10.6 Å². The van der Waals surface area contributed by atoms with E-state index in [-0.39, 0.29) is 24.0 Å². The van der Waals surface area contributed by atoms with Crippen LogP contribution in [0.4, 0.5) is 4.39 Å². The number of halogens is 1. The predicted molar refractivity (Wildman–Crippen MR) is 123 cm³/mol. The van der Waals surface area contributed by atoms with E-state index in [1.807, 2.05) is 31.2 Å². The Kier molecular flexibility index (Phi) is 8.20. The van der Waals surface area contributed by atoms with Gasteiger partial charge in [0.05, 0.1) is 4.90 Å². The molecule has 0 aromatic heterocycles. The Morgan fingerprint density at radius 2 is 1.76 bits per heavy atom. The molecule has 7 nitrogen and oxygen atoms in total. The van der Waals surface area contributed by atoms with Crippen molar-refractivity contribution >= 4 is 21.8 Å². The van der Waals surface area contributed by atoms with E-state index in [9.17, 15) is 22.4 Å². The third-order valence-electron chi connectivity index (χ3n) is 5.97. The minimum Gasteiger partial charge on any atom is -0.348 e. The molecule has 1 aliphatic rings. The van der Waals surface area contributed by atoms with Crippen LogP contribution >= 0.6 is 0 Å². The molecule has 3 rings (SSSR count). The van der Waals surface area contributed by atoms with Crippen LogP contribution in [0.1, 0.15) is 42.4 Å². The molecule has 1 unspecified atom stereocenters. The number of nitrogens with zero attached hydrogens (tertiary/aromatic N) is 1. The number of carbonyl (C=O) groups is 2. The molecule has 1 aliphatic heterocycles. The Bertz CT molecular complexity index is 1120. The SMILES string of the molecule is Cc1ccccc1CNC(=O)C(=O)NCCC1CCCCN1S(=O)(=O)c1ccc(F)cc1C. The normalized spacial score (nSPS) is 16.9. The van der Waals surface area contributed by atoms with E-state index in [0.29, 0.717) is 24.9 Å². The highest BCUT2D eigenvalue weighted by molar-refractivity contribution is 7.89. The van der Waals surface area contributed by atoms with Gasteiger partial charge in [0.1, 0.15) is 5.82 Å². The molecule has 0 bridgehead atoms. The largest absolute Gasteiger partial charge is 0.348 e. The van der Waals surface area contributed by atoms with Crippen molar-refractivity contribution in [1.29, 1.82) is 0 Å². The summed E-state index contributed by atoms with van der Waals surface area (Å²) >= 11 is 0. The Morgan fingerprint density at radius 1 is 1.03 bits per heavy atom. The molecular formula is C24H30FN3O4S. The zero-order valence-corrected chi connectivity index (χ0v) is 19.8. The van der Waals surface area contributed by atoms with Crippen LogP contribution in [-0.2, 0) is 26.2 Å². The zero-order chi connectivity index (χ0) is 24.0. The van der Waals surface area contributed by atoms with E-state index in [1.54, 1.807) is 6.92 Å². The van der Waals surface area contributed by atoms with E-state index >= 15 is 0 Å². The quantitative estimate of drug-likeness (QED) is 0.602. The van der Waals surface area contributed by atoms with Crippen LogP contribution in [0.3, 0.4) is 0 Å². The first-order chi connectivity index (χ1) is 15.7.